The summed E-state index contributed by atoms with van der Waals surface area (Å²) in [6.45, 7) is 8.10. The van der Waals surface area contributed by atoms with Crippen molar-refractivity contribution < 1.29 is 4.79 Å². The van der Waals surface area contributed by atoms with E-state index in [4.69, 9.17) is 0 Å². The van der Waals surface area contributed by atoms with Gasteiger partial charge in [-0.2, -0.15) is 0 Å². The van der Waals surface area contributed by atoms with Crippen LogP contribution in [0, 0.1) is 0 Å². The Labute approximate surface area is 60.0 Å². The fourth-order valence-electron chi connectivity index (χ4n) is 0.860. The molecule has 1 amide bonds. The first kappa shape index (κ1) is 6.86. The van der Waals surface area contributed by atoms with E-state index in [2.05, 4.69) is 18.5 Å². The molecule has 0 aliphatic carbocycles. The molecule has 0 radical (unpaired) electrons. The molecule has 0 spiro atoms. The molecule has 0 bridgehead atoms. The topological polar surface area (TPSA) is 32.3 Å². The SMILES string of the molecule is C=CCN1C(=C)NCC1=O. The van der Waals surface area contributed by atoms with Gasteiger partial charge in [0.2, 0.25) is 5.91 Å². The summed E-state index contributed by atoms with van der Waals surface area (Å²) in [7, 11) is 0. The quantitative estimate of drug-likeness (QED) is 0.548. The number of nitrogens with zero attached hydrogens (tertiary/aromatic N) is 1. The highest BCUT2D eigenvalue weighted by atomic mass is 16.2. The minimum absolute atomic E-state index is 0.0601. The molecule has 1 fully saturated rings. The molecule has 0 aromatic heterocycles. The van der Waals surface area contributed by atoms with E-state index in [-0.39, 0.29) is 5.91 Å². The van der Waals surface area contributed by atoms with E-state index in [1.54, 1.807) is 11.0 Å². The van der Waals surface area contributed by atoms with E-state index >= 15 is 0 Å². The Hall–Kier alpha value is -1.25. The molecule has 0 atom stereocenters. The Morgan fingerprint density at radius 1 is 1.80 bits per heavy atom. The zero-order chi connectivity index (χ0) is 7.56. The van der Waals surface area contributed by atoms with Crippen LogP contribution in [0.2, 0.25) is 0 Å². The highest BCUT2D eigenvalue weighted by molar-refractivity contribution is 5.82. The Morgan fingerprint density at radius 2 is 2.50 bits per heavy atom. The Balaban J connectivity index is 2.62. The van der Waals surface area contributed by atoms with Gasteiger partial charge in [0.15, 0.2) is 0 Å². The van der Waals surface area contributed by atoms with Crippen molar-refractivity contribution in [2.75, 3.05) is 13.1 Å². The maximum Gasteiger partial charge on any atom is 0.247 e. The van der Waals surface area contributed by atoms with E-state index in [0.717, 1.165) is 0 Å². The fourth-order valence-corrected chi connectivity index (χ4v) is 0.860. The normalized spacial score (nSPS) is 17.4. The first-order valence-corrected chi connectivity index (χ1v) is 3.09. The van der Waals surface area contributed by atoms with Gasteiger partial charge in [0.05, 0.1) is 6.54 Å². The van der Waals surface area contributed by atoms with Gasteiger partial charge in [-0.25, -0.2) is 0 Å². The smallest absolute Gasteiger partial charge is 0.247 e. The molecular formula is C7H10N2O. The summed E-state index contributed by atoms with van der Waals surface area (Å²) in [5.41, 5.74) is 0. The number of carbonyl (C=O) groups excluding carboxylic acids is 1. The molecule has 1 aliphatic rings. The number of carbonyl (C=O) groups is 1. The zero-order valence-corrected chi connectivity index (χ0v) is 5.76. The van der Waals surface area contributed by atoms with Gasteiger partial charge in [0.25, 0.3) is 0 Å². The third kappa shape index (κ3) is 1.03. The van der Waals surface area contributed by atoms with Crippen molar-refractivity contribution in [1.82, 2.24) is 10.2 Å². The van der Waals surface area contributed by atoms with Gasteiger partial charge in [-0.15, -0.1) is 6.58 Å². The largest absolute Gasteiger partial charge is 0.363 e. The van der Waals surface area contributed by atoms with Crippen molar-refractivity contribution in [3.63, 3.8) is 0 Å². The zero-order valence-electron chi connectivity index (χ0n) is 5.76. The van der Waals surface area contributed by atoms with Gasteiger partial charge in [0, 0.05) is 6.54 Å². The lowest BCUT2D eigenvalue weighted by Gasteiger charge is -2.11. The Morgan fingerprint density at radius 3 is 2.90 bits per heavy atom. The first-order valence-electron chi connectivity index (χ1n) is 3.09. The third-order valence-electron chi connectivity index (χ3n) is 1.38. The Kier molecular flexibility index (Phi) is 1.76. The predicted octanol–water partition coefficient (Wildman–Crippen LogP) is 0.0754. The molecule has 1 N–H and O–H groups in total. The van der Waals surface area contributed by atoms with E-state index < -0.39 is 0 Å². The highest BCUT2D eigenvalue weighted by Gasteiger charge is 2.21. The molecule has 3 heteroatoms. The van der Waals surface area contributed by atoms with Crippen LogP contribution in [-0.4, -0.2) is 23.9 Å². The second kappa shape index (κ2) is 2.56. The standard InChI is InChI=1S/C7H10N2O/c1-3-4-9-6(2)8-5-7(9)10/h3,8H,1-2,4-5H2. The summed E-state index contributed by atoms with van der Waals surface area (Å²) in [5, 5.41) is 2.84. The molecule has 0 unspecified atom stereocenters. The van der Waals surface area contributed by atoms with Crippen LogP contribution in [0.1, 0.15) is 0 Å². The van der Waals surface area contributed by atoms with Crippen LogP contribution in [0.15, 0.2) is 25.1 Å². The van der Waals surface area contributed by atoms with Gasteiger partial charge in [-0.05, 0) is 0 Å². The monoisotopic (exact) mass is 138 g/mol. The van der Waals surface area contributed by atoms with Crippen LogP contribution in [-0.2, 0) is 4.79 Å². The number of nitrogens with one attached hydrogen (secondary N) is 1. The molecule has 1 heterocycles. The number of rotatable bonds is 2. The summed E-state index contributed by atoms with van der Waals surface area (Å²) in [4.78, 5) is 12.5. The number of hydrogen-bond donors (Lipinski definition) is 1. The van der Waals surface area contributed by atoms with Crippen molar-refractivity contribution in [2.45, 2.75) is 0 Å². The fraction of sp³-hybridized carbons (Fsp3) is 0.286. The average Bonchev–Trinajstić information content (AvgIpc) is 2.20. The third-order valence-corrected chi connectivity index (χ3v) is 1.38. The molecule has 10 heavy (non-hydrogen) atoms. The molecule has 0 aromatic carbocycles. The van der Waals surface area contributed by atoms with Gasteiger partial charge in [-0.3, -0.25) is 9.69 Å². The second-order valence-electron chi connectivity index (χ2n) is 2.09. The summed E-state index contributed by atoms with van der Waals surface area (Å²) in [6, 6.07) is 0. The summed E-state index contributed by atoms with van der Waals surface area (Å²) in [6.07, 6.45) is 1.68. The number of hydrogen-bond acceptors (Lipinski definition) is 2. The maximum absolute atomic E-state index is 10.9. The minimum atomic E-state index is 0.0601. The van der Waals surface area contributed by atoms with E-state index in [1.807, 2.05) is 0 Å². The molecule has 0 aromatic rings. The van der Waals surface area contributed by atoms with Crippen LogP contribution in [0.4, 0.5) is 0 Å². The van der Waals surface area contributed by atoms with E-state index in [0.29, 0.717) is 18.9 Å². The van der Waals surface area contributed by atoms with Gasteiger partial charge < -0.3 is 5.32 Å². The average molecular weight is 138 g/mol. The van der Waals surface area contributed by atoms with Crippen molar-refractivity contribution in [1.29, 1.82) is 0 Å². The van der Waals surface area contributed by atoms with Crippen LogP contribution < -0.4 is 5.32 Å². The van der Waals surface area contributed by atoms with Crippen LogP contribution in [0.5, 0.6) is 0 Å². The molecule has 1 rings (SSSR count). The predicted molar refractivity (Wildman–Crippen MR) is 39.1 cm³/mol. The minimum Gasteiger partial charge on any atom is -0.363 e. The van der Waals surface area contributed by atoms with Crippen LogP contribution >= 0.6 is 0 Å². The molecule has 0 saturated carbocycles. The summed E-state index contributed by atoms with van der Waals surface area (Å²) >= 11 is 0. The van der Waals surface area contributed by atoms with Crippen molar-refractivity contribution >= 4 is 5.91 Å². The van der Waals surface area contributed by atoms with Gasteiger partial charge in [0.1, 0.15) is 5.82 Å². The van der Waals surface area contributed by atoms with E-state index in [9.17, 15) is 4.79 Å². The van der Waals surface area contributed by atoms with Crippen LogP contribution in [0.25, 0.3) is 0 Å². The Bertz CT molecular complexity index is 170. The van der Waals surface area contributed by atoms with Crippen LogP contribution in [0.3, 0.4) is 0 Å². The van der Waals surface area contributed by atoms with Crippen molar-refractivity contribution in [3.05, 3.63) is 25.1 Å². The first-order chi connectivity index (χ1) is 4.75. The van der Waals surface area contributed by atoms with Crippen molar-refractivity contribution in [2.24, 2.45) is 0 Å². The molecule has 1 saturated heterocycles. The lowest BCUT2D eigenvalue weighted by Crippen LogP contribution is -2.24. The van der Waals surface area contributed by atoms with E-state index in [1.165, 1.54) is 0 Å². The lowest BCUT2D eigenvalue weighted by molar-refractivity contribution is -0.125. The van der Waals surface area contributed by atoms with Crippen molar-refractivity contribution in [3.8, 4) is 0 Å². The summed E-state index contributed by atoms with van der Waals surface area (Å²) < 4.78 is 0. The molecule has 54 valence electrons. The lowest BCUT2D eigenvalue weighted by atomic mass is 10.5. The second-order valence-corrected chi connectivity index (χ2v) is 2.09. The van der Waals surface area contributed by atoms with Gasteiger partial charge >= 0.3 is 0 Å². The highest BCUT2D eigenvalue weighted by Crippen LogP contribution is 2.04. The molecule has 3 nitrogen and oxygen atoms in total. The summed E-state index contributed by atoms with van der Waals surface area (Å²) in [5.74, 6) is 0.731. The molecule has 1 aliphatic heterocycles. The number of amides is 1. The maximum atomic E-state index is 10.9. The molecular weight excluding hydrogens is 128 g/mol. The van der Waals surface area contributed by atoms with Gasteiger partial charge in [-0.1, -0.05) is 12.7 Å².